The average molecular weight is 146 g/mol. The molecule has 0 atom stereocenters. The van der Waals surface area contributed by atoms with Gasteiger partial charge in [-0.25, -0.2) is 0 Å². The van der Waals surface area contributed by atoms with Crippen LogP contribution in [0.1, 0.15) is 27.7 Å². The normalized spacial score (nSPS) is 10.7. The van der Waals surface area contributed by atoms with Crippen molar-refractivity contribution in [2.75, 3.05) is 6.66 Å². The molecule has 0 aliphatic heterocycles. The molecule has 0 bridgehead atoms. The van der Waals surface area contributed by atoms with Gasteiger partial charge in [0.1, 0.15) is 0 Å². The topological polar surface area (TPSA) is 0 Å². The Balaban J connectivity index is 0. The van der Waals surface area contributed by atoms with Crippen LogP contribution in [0.25, 0.3) is 0 Å². The van der Waals surface area contributed by atoms with Gasteiger partial charge in [0, 0.05) is 0 Å². The molecular formula is C7H20BP. The van der Waals surface area contributed by atoms with Crippen molar-refractivity contribution in [2.24, 2.45) is 0 Å². The molecule has 0 heterocycles. The Hall–Kier alpha value is 0.495. The summed E-state index contributed by atoms with van der Waals surface area (Å²) in [6.07, 6.45) is 0. The van der Waals surface area contributed by atoms with E-state index in [0.29, 0.717) is 7.92 Å². The molecule has 0 unspecified atom stereocenters. The predicted octanol–water partition coefficient (Wildman–Crippen LogP) is 1.73. The van der Waals surface area contributed by atoms with Crippen LogP contribution in [0.15, 0.2) is 0 Å². The van der Waals surface area contributed by atoms with Crippen molar-refractivity contribution in [2.45, 2.75) is 39.0 Å². The van der Waals surface area contributed by atoms with Gasteiger partial charge in [-0.2, -0.15) is 0 Å². The van der Waals surface area contributed by atoms with Crippen LogP contribution in [0.5, 0.6) is 0 Å². The molecular weight excluding hydrogens is 126 g/mol. The van der Waals surface area contributed by atoms with Crippen molar-refractivity contribution in [1.29, 1.82) is 0 Å². The molecule has 0 aromatic carbocycles. The van der Waals surface area contributed by atoms with Crippen molar-refractivity contribution >= 4 is 16.3 Å². The number of rotatable bonds is 2. The summed E-state index contributed by atoms with van der Waals surface area (Å²) in [5.41, 5.74) is 1.81. The maximum Gasteiger partial charge on any atom is 0.0814 e. The molecule has 0 aromatic rings. The van der Waals surface area contributed by atoms with Crippen molar-refractivity contribution in [3.05, 3.63) is 0 Å². The lowest BCUT2D eigenvalue weighted by molar-refractivity contribution is 1.01. The van der Waals surface area contributed by atoms with Crippen molar-refractivity contribution in [3.8, 4) is 0 Å². The van der Waals surface area contributed by atoms with E-state index in [4.69, 9.17) is 0 Å². The maximum absolute atomic E-state index is 2.38. The molecule has 9 heavy (non-hydrogen) atoms. The Kier molecular flexibility index (Phi) is 7.17. The van der Waals surface area contributed by atoms with E-state index in [1.165, 1.54) is 0 Å². The summed E-state index contributed by atoms with van der Waals surface area (Å²) in [6, 6.07) is 0. The lowest BCUT2D eigenvalue weighted by Gasteiger charge is -2.19. The summed E-state index contributed by atoms with van der Waals surface area (Å²) in [5.74, 6) is 0. The quantitative estimate of drug-likeness (QED) is 0.411. The van der Waals surface area contributed by atoms with Gasteiger partial charge in [-0.3, -0.25) is 0 Å². The number of hydrogen-bond donors (Lipinski definition) is 0. The molecule has 0 fully saturated rings. The van der Waals surface area contributed by atoms with Gasteiger partial charge in [-0.15, -0.1) is 7.92 Å². The fraction of sp³-hybridized carbons (Fsp3) is 1.00. The Morgan fingerprint density at radius 1 is 0.889 bits per heavy atom. The third-order valence-corrected chi connectivity index (χ3v) is 4.89. The minimum atomic E-state index is 0. The van der Waals surface area contributed by atoms with Crippen molar-refractivity contribution in [1.82, 2.24) is 0 Å². The van der Waals surface area contributed by atoms with Crippen LogP contribution in [0, 0.1) is 0 Å². The molecule has 0 radical (unpaired) electrons. The van der Waals surface area contributed by atoms with Gasteiger partial charge < -0.3 is 0 Å². The van der Waals surface area contributed by atoms with Crippen molar-refractivity contribution < 1.29 is 0 Å². The third-order valence-electron chi connectivity index (χ3n) is 1.63. The monoisotopic (exact) mass is 146 g/mol. The fourth-order valence-electron chi connectivity index (χ4n) is 0.596. The Morgan fingerprint density at radius 2 is 1.11 bits per heavy atom. The first-order chi connectivity index (χ1) is 3.55. The SMILES string of the molecule is B.CC(C)P(C)C(C)C. The van der Waals surface area contributed by atoms with Crippen LogP contribution in [-0.2, 0) is 0 Å². The van der Waals surface area contributed by atoms with Crippen LogP contribution in [-0.4, -0.2) is 26.4 Å². The Labute approximate surface area is 62.8 Å². The standard InChI is InChI=1S/C7H17P.BH3/c1-6(2)8(5)7(3)4;/h6-7H,1-5H3;1H3. The largest absolute Gasteiger partial charge is 0.105 e. The lowest BCUT2D eigenvalue weighted by atomic mass is 10.5. The van der Waals surface area contributed by atoms with Gasteiger partial charge in [-0.1, -0.05) is 27.7 Å². The highest BCUT2D eigenvalue weighted by atomic mass is 31.1. The molecule has 0 aliphatic carbocycles. The minimum absolute atomic E-state index is 0. The predicted molar refractivity (Wildman–Crippen MR) is 53.1 cm³/mol. The van der Waals surface area contributed by atoms with Crippen LogP contribution < -0.4 is 0 Å². The lowest BCUT2D eigenvalue weighted by Crippen LogP contribution is -2.00. The van der Waals surface area contributed by atoms with Crippen LogP contribution in [0.4, 0.5) is 0 Å². The highest BCUT2D eigenvalue weighted by Crippen LogP contribution is 2.41. The summed E-state index contributed by atoms with van der Waals surface area (Å²) >= 11 is 0. The molecule has 0 nitrogen and oxygen atoms in total. The Morgan fingerprint density at radius 3 is 1.11 bits per heavy atom. The molecule has 0 spiro atoms. The van der Waals surface area contributed by atoms with Crippen LogP contribution in [0.3, 0.4) is 0 Å². The molecule has 0 saturated heterocycles. The molecule has 0 rings (SSSR count). The molecule has 0 saturated carbocycles. The highest BCUT2D eigenvalue weighted by Gasteiger charge is 2.08. The molecule has 0 amide bonds. The van der Waals surface area contributed by atoms with E-state index >= 15 is 0 Å². The first-order valence-corrected chi connectivity index (χ1v) is 5.20. The summed E-state index contributed by atoms with van der Waals surface area (Å²) in [6.45, 7) is 11.6. The maximum atomic E-state index is 2.38. The summed E-state index contributed by atoms with van der Waals surface area (Å²) in [7, 11) is 0.301. The zero-order valence-corrected chi connectivity index (χ0v) is 7.50. The van der Waals surface area contributed by atoms with Gasteiger partial charge in [0.05, 0.1) is 8.41 Å². The molecule has 0 aromatic heterocycles. The zero-order valence-electron chi connectivity index (χ0n) is 6.60. The third kappa shape index (κ3) is 4.97. The van der Waals surface area contributed by atoms with Gasteiger partial charge in [0.2, 0.25) is 0 Å². The average Bonchev–Trinajstić information content (AvgIpc) is 1.64. The second kappa shape index (κ2) is 5.29. The first kappa shape index (κ1) is 12.2. The van der Waals surface area contributed by atoms with Gasteiger partial charge in [0.25, 0.3) is 0 Å². The fourth-order valence-corrected chi connectivity index (χ4v) is 1.79. The van der Waals surface area contributed by atoms with E-state index in [9.17, 15) is 0 Å². The van der Waals surface area contributed by atoms with E-state index in [1.54, 1.807) is 0 Å². The molecule has 56 valence electrons. The molecule has 2 heteroatoms. The second-order valence-electron chi connectivity index (χ2n) is 2.85. The van der Waals surface area contributed by atoms with Gasteiger partial charge in [-0.05, 0) is 18.0 Å². The summed E-state index contributed by atoms with van der Waals surface area (Å²) in [5, 5.41) is 0. The summed E-state index contributed by atoms with van der Waals surface area (Å²) in [4.78, 5) is 0. The molecule has 0 N–H and O–H groups in total. The van der Waals surface area contributed by atoms with E-state index in [0.717, 1.165) is 11.3 Å². The van der Waals surface area contributed by atoms with E-state index in [-0.39, 0.29) is 8.41 Å². The first-order valence-electron chi connectivity index (χ1n) is 3.27. The van der Waals surface area contributed by atoms with E-state index < -0.39 is 0 Å². The van der Waals surface area contributed by atoms with E-state index in [1.807, 2.05) is 0 Å². The smallest absolute Gasteiger partial charge is 0.0814 e. The zero-order chi connectivity index (χ0) is 6.73. The Bertz CT molecular complexity index is 53.9. The van der Waals surface area contributed by atoms with E-state index in [2.05, 4.69) is 34.4 Å². The highest BCUT2D eigenvalue weighted by molar-refractivity contribution is 7.58. The summed E-state index contributed by atoms with van der Waals surface area (Å²) < 4.78 is 0. The van der Waals surface area contributed by atoms with Gasteiger partial charge in [0.15, 0.2) is 0 Å². The van der Waals surface area contributed by atoms with Crippen LogP contribution in [0.2, 0.25) is 0 Å². The minimum Gasteiger partial charge on any atom is -0.105 e. The van der Waals surface area contributed by atoms with Crippen molar-refractivity contribution in [3.63, 3.8) is 0 Å². The van der Waals surface area contributed by atoms with Crippen LogP contribution >= 0.6 is 7.92 Å². The van der Waals surface area contributed by atoms with Gasteiger partial charge >= 0.3 is 0 Å². The second-order valence-corrected chi connectivity index (χ2v) is 6.25. The number of hydrogen-bond acceptors (Lipinski definition) is 0. The molecule has 0 aliphatic rings.